The highest BCUT2D eigenvalue weighted by atomic mass is 32.2. The Labute approximate surface area is 125 Å². The molecule has 1 rings (SSSR count). The Morgan fingerprint density at radius 3 is 2.86 bits per heavy atom. The summed E-state index contributed by atoms with van der Waals surface area (Å²) in [6.07, 6.45) is 2.27. The van der Waals surface area contributed by atoms with Crippen molar-refractivity contribution >= 4 is 22.5 Å². The van der Waals surface area contributed by atoms with E-state index in [0.29, 0.717) is 30.0 Å². The molecule has 1 aromatic rings. The van der Waals surface area contributed by atoms with E-state index in [9.17, 15) is 9.00 Å². The number of ether oxygens (including phenoxy) is 1. The lowest BCUT2D eigenvalue weighted by molar-refractivity contribution is -0.123. The lowest BCUT2D eigenvalue weighted by Gasteiger charge is -2.10. The van der Waals surface area contributed by atoms with Crippen LogP contribution in [-0.2, 0) is 15.6 Å². The second-order valence-corrected chi connectivity index (χ2v) is 5.81. The molecule has 4 N–H and O–H groups in total. The van der Waals surface area contributed by atoms with Gasteiger partial charge in [0.15, 0.2) is 12.4 Å². The van der Waals surface area contributed by atoms with Crippen LogP contribution in [0.25, 0.3) is 0 Å². The van der Waals surface area contributed by atoms with Crippen molar-refractivity contribution in [1.29, 1.82) is 0 Å². The second-order valence-electron chi connectivity index (χ2n) is 4.25. The number of nitrogens with one attached hydrogen (secondary N) is 1. The fourth-order valence-electron chi connectivity index (χ4n) is 1.56. The number of carbonyl (C=O) groups excluding carboxylic acids is 1. The summed E-state index contributed by atoms with van der Waals surface area (Å²) >= 11 is 0. The van der Waals surface area contributed by atoms with Gasteiger partial charge < -0.3 is 21.0 Å². The number of hydrogen-bond donors (Lipinski definition) is 3. The maximum absolute atomic E-state index is 11.6. The van der Waals surface area contributed by atoms with Gasteiger partial charge in [0.25, 0.3) is 5.91 Å². The van der Waals surface area contributed by atoms with E-state index < -0.39 is 10.8 Å². The summed E-state index contributed by atoms with van der Waals surface area (Å²) in [4.78, 5) is 11.6. The van der Waals surface area contributed by atoms with Crippen LogP contribution in [0.3, 0.4) is 0 Å². The molecule has 0 heterocycles. The highest BCUT2D eigenvalue weighted by Gasteiger charge is 2.09. The predicted molar refractivity (Wildman–Crippen MR) is 81.0 cm³/mol. The Morgan fingerprint density at radius 1 is 1.48 bits per heavy atom. The highest BCUT2D eigenvalue weighted by molar-refractivity contribution is 7.84. The van der Waals surface area contributed by atoms with E-state index in [-0.39, 0.29) is 18.3 Å². The third-order valence-electron chi connectivity index (χ3n) is 2.56. The number of amidine groups is 1. The maximum atomic E-state index is 11.6. The molecular weight excluding hydrogens is 294 g/mol. The molecule has 0 saturated heterocycles. The van der Waals surface area contributed by atoms with Gasteiger partial charge in [-0.15, -0.1) is 0 Å². The number of carbonyl (C=O) groups is 1. The van der Waals surface area contributed by atoms with Crippen molar-refractivity contribution in [2.45, 2.75) is 6.42 Å². The number of amides is 1. The molecule has 1 atom stereocenters. The molecule has 21 heavy (non-hydrogen) atoms. The number of para-hydroxylation sites is 1. The van der Waals surface area contributed by atoms with Gasteiger partial charge in [-0.25, -0.2) is 0 Å². The lowest BCUT2D eigenvalue weighted by atomic mass is 10.2. The standard InChI is InChI=1S/C13H19N3O4S/c1-21(19)8-4-7-15-12(17)9-20-11-6-3-2-5-10(11)13(14)16-18/h2-3,5-6,18H,4,7-9H2,1H3,(H2,14,16)(H,15,17). The molecule has 7 nitrogen and oxygen atoms in total. The van der Waals surface area contributed by atoms with E-state index in [4.69, 9.17) is 15.7 Å². The molecule has 0 aromatic heterocycles. The molecule has 1 unspecified atom stereocenters. The fraction of sp³-hybridized carbons (Fsp3) is 0.385. The summed E-state index contributed by atoms with van der Waals surface area (Å²) < 4.78 is 16.2. The molecule has 0 aliphatic rings. The van der Waals surface area contributed by atoms with Gasteiger partial charge >= 0.3 is 0 Å². The summed E-state index contributed by atoms with van der Waals surface area (Å²) in [7, 11) is -0.857. The van der Waals surface area contributed by atoms with Crippen LogP contribution >= 0.6 is 0 Å². The number of benzene rings is 1. The molecular formula is C13H19N3O4S. The maximum Gasteiger partial charge on any atom is 0.257 e. The van der Waals surface area contributed by atoms with Crippen molar-refractivity contribution in [1.82, 2.24) is 5.32 Å². The monoisotopic (exact) mass is 313 g/mol. The Kier molecular flexibility index (Phi) is 7.24. The van der Waals surface area contributed by atoms with E-state index in [1.165, 1.54) is 0 Å². The Morgan fingerprint density at radius 2 is 2.19 bits per heavy atom. The number of oxime groups is 1. The molecule has 0 aliphatic heterocycles. The lowest BCUT2D eigenvalue weighted by Crippen LogP contribution is -2.30. The summed E-state index contributed by atoms with van der Waals surface area (Å²) in [6, 6.07) is 6.68. The first-order valence-electron chi connectivity index (χ1n) is 6.31. The van der Waals surface area contributed by atoms with Gasteiger partial charge in [-0.2, -0.15) is 0 Å². The average molecular weight is 313 g/mol. The molecule has 0 radical (unpaired) electrons. The van der Waals surface area contributed by atoms with Crippen LogP contribution < -0.4 is 15.8 Å². The topological polar surface area (TPSA) is 114 Å². The molecule has 0 spiro atoms. The Hall–Kier alpha value is -2.09. The Balaban J connectivity index is 2.45. The van der Waals surface area contributed by atoms with Crippen molar-refractivity contribution in [3.63, 3.8) is 0 Å². The van der Waals surface area contributed by atoms with E-state index in [2.05, 4.69) is 10.5 Å². The first-order valence-corrected chi connectivity index (χ1v) is 8.03. The zero-order valence-corrected chi connectivity index (χ0v) is 12.6. The molecule has 1 aromatic carbocycles. The van der Waals surface area contributed by atoms with Crippen LogP contribution in [0.15, 0.2) is 29.4 Å². The molecule has 116 valence electrons. The van der Waals surface area contributed by atoms with Gasteiger partial charge in [-0.1, -0.05) is 17.3 Å². The van der Waals surface area contributed by atoms with Crippen LogP contribution in [0.5, 0.6) is 5.75 Å². The van der Waals surface area contributed by atoms with Gasteiger partial charge in [0.1, 0.15) is 5.75 Å². The van der Waals surface area contributed by atoms with E-state index in [1.54, 1.807) is 30.5 Å². The first kappa shape index (κ1) is 17.0. The van der Waals surface area contributed by atoms with Gasteiger partial charge in [-0.3, -0.25) is 9.00 Å². The summed E-state index contributed by atoms with van der Waals surface area (Å²) in [5, 5.41) is 14.3. The predicted octanol–water partition coefficient (Wildman–Crippen LogP) is 0.0447. The fourth-order valence-corrected chi connectivity index (χ4v) is 2.11. The molecule has 1 amide bonds. The number of hydrogen-bond acceptors (Lipinski definition) is 5. The number of rotatable bonds is 8. The number of nitrogens with two attached hydrogens (primary N) is 1. The largest absolute Gasteiger partial charge is 0.483 e. The zero-order chi connectivity index (χ0) is 15.7. The minimum atomic E-state index is -0.857. The first-order chi connectivity index (χ1) is 10.0. The van der Waals surface area contributed by atoms with Crippen molar-refractivity contribution in [2.24, 2.45) is 10.9 Å². The van der Waals surface area contributed by atoms with Gasteiger partial charge in [0.05, 0.1) is 5.56 Å². The van der Waals surface area contributed by atoms with Crippen molar-refractivity contribution < 1.29 is 18.9 Å². The normalized spacial score (nSPS) is 12.7. The third-order valence-corrected chi connectivity index (χ3v) is 3.42. The average Bonchev–Trinajstić information content (AvgIpc) is 2.48. The van der Waals surface area contributed by atoms with E-state index in [1.807, 2.05) is 0 Å². The smallest absolute Gasteiger partial charge is 0.257 e. The quantitative estimate of drug-likeness (QED) is 0.206. The SMILES string of the molecule is CS(=O)CCCNC(=O)COc1ccccc1/C(N)=N/O. The van der Waals surface area contributed by atoms with E-state index >= 15 is 0 Å². The van der Waals surface area contributed by atoms with Crippen LogP contribution in [0.2, 0.25) is 0 Å². The van der Waals surface area contributed by atoms with Crippen LogP contribution in [-0.4, -0.2) is 46.3 Å². The number of nitrogens with zero attached hydrogens (tertiary/aromatic N) is 1. The van der Waals surface area contributed by atoms with Crippen molar-refractivity contribution in [3.05, 3.63) is 29.8 Å². The van der Waals surface area contributed by atoms with Crippen LogP contribution in [0.4, 0.5) is 0 Å². The molecule has 0 aliphatic carbocycles. The Bertz CT molecular complexity index is 534. The molecule has 0 fully saturated rings. The minimum absolute atomic E-state index is 0.0866. The third kappa shape index (κ3) is 6.26. The van der Waals surface area contributed by atoms with E-state index in [0.717, 1.165) is 0 Å². The summed E-state index contributed by atoms with van der Waals surface area (Å²) in [6.45, 7) is 0.272. The molecule has 0 saturated carbocycles. The van der Waals surface area contributed by atoms with Gasteiger partial charge in [0.2, 0.25) is 0 Å². The minimum Gasteiger partial charge on any atom is -0.483 e. The van der Waals surface area contributed by atoms with Crippen molar-refractivity contribution in [3.8, 4) is 5.75 Å². The second kappa shape index (κ2) is 8.96. The van der Waals surface area contributed by atoms with Gasteiger partial charge in [0, 0.05) is 29.4 Å². The zero-order valence-electron chi connectivity index (χ0n) is 11.7. The van der Waals surface area contributed by atoms with Crippen LogP contribution in [0, 0.1) is 0 Å². The molecule has 0 bridgehead atoms. The highest BCUT2D eigenvalue weighted by Crippen LogP contribution is 2.17. The van der Waals surface area contributed by atoms with Crippen LogP contribution in [0.1, 0.15) is 12.0 Å². The summed E-state index contributed by atoms with van der Waals surface area (Å²) in [5.41, 5.74) is 5.93. The molecule has 8 heteroatoms. The van der Waals surface area contributed by atoms with Crippen molar-refractivity contribution in [2.75, 3.05) is 25.2 Å². The van der Waals surface area contributed by atoms with Gasteiger partial charge in [-0.05, 0) is 18.6 Å². The summed E-state index contributed by atoms with van der Waals surface area (Å²) in [5.74, 6) is 0.535.